The number of hydrogen-bond donors (Lipinski definition) is 1. The van der Waals surface area contributed by atoms with Crippen LogP contribution < -0.4 is 0 Å². The van der Waals surface area contributed by atoms with E-state index in [0.29, 0.717) is 11.1 Å². The van der Waals surface area contributed by atoms with Gasteiger partial charge in [-0.1, -0.05) is 12.1 Å². The predicted octanol–water partition coefficient (Wildman–Crippen LogP) is 2.84. The molecular weight excluding hydrogens is 221 g/mol. The Morgan fingerprint density at radius 3 is 2.53 bits per heavy atom. The van der Waals surface area contributed by atoms with Crippen molar-refractivity contribution in [3.63, 3.8) is 0 Å². The van der Waals surface area contributed by atoms with Crippen molar-refractivity contribution >= 4 is 5.97 Å². The average Bonchev–Trinajstić information content (AvgIpc) is 2.39. The minimum absolute atomic E-state index is 0.0826. The Hall–Kier alpha value is -2.23. The molecule has 17 heavy (non-hydrogen) atoms. The molecule has 0 saturated carbocycles. The number of aromatic nitrogens is 1. The van der Waals surface area contributed by atoms with Crippen molar-refractivity contribution in [1.29, 1.82) is 0 Å². The summed E-state index contributed by atoms with van der Waals surface area (Å²) in [5.74, 6) is -1.06. The van der Waals surface area contributed by atoms with Crippen molar-refractivity contribution in [2.45, 2.75) is 6.17 Å². The van der Waals surface area contributed by atoms with Gasteiger partial charge in [0, 0.05) is 12.4 Å². The number of hydrogen-bond acceptors (Lipinski definition) is 2. The van der Waals surface area contributed by atoms with E-state index in [1.807, 2.05) is 0 Å². The van der Waals surface area contributed by atoms with Crippen LogP contribution in [0.25, 0.3) is 0 Å². The first kappa shape index (κ1) is 11.3. The molecule has 0 aliphatic carbocycles. The van der Waals surface area contributed by atoms with Gasteiger partial charge in [-0.15, -0.1) is 0 Å². The Bertz CT molecular complexity index is 528. The molecular formula is C13H10FNO2. The summed E-state index contributed by atoms with van der Waals surface area (Å²) >= 11 is 0. The molecule has 2 rings (SSSR count). The van der Waals surface area contributed by atoms with Crippen LogP contribution in [0.1, 0.15) is 27.7 Å². The number of carboxylic acid groups (broad SMARTS) is 1. The molecule has 86 valence electrons. The molecule has 1 unspecified atom stereocenters. The molecule has 0 spiro atoms. The summed E-state index contributed by atoms with van der Waals surface area (Å²) in [5.41, 5.74) is 0.873. The lowest BCUT2D eigenvalue weighted by Crippen LogP contribution is -2.00. The van der Waals surface area contributed by atoms with E-state index in [0.717, 1.165) is 0 Å². The molecule has 1 atom stereocenters. The van der Waals surface area contributed by atoms with Gasteiger partial charge in [-0.2, -0.15) is 0 Å². The third-order valence-electron chi connectivity index (χ3n) is 2.42. The number of halogens is 1. The van der Waals surface area contributed by atoms with Crippen LogP contribution in [0.3, 0.4) is 0 Å². The van der Waals surface area contributed by atoms with Crippen LogP contribution in [0.5, 0.6) is 0 Å². The molecule has 1 aromatic heterocycles. The maximum absolute atomic E-state index is 14.1. The quantitative estimate of drug-likeness (QED) is 0.883. The van der Waals surface area contributed by atoms with Crippen molar-refractivity contribution in [3.05, 3.63) is 65.5 Å². The van der Waals surface area contributed by atoms with Crippen molar-refractivity contribution in [1.82, 2.24) is 4.98 Å². The van der Waals surface area contributed by atoms with Gasteiger partial charge in [-0.05, 0) is 35.4 Å². The highest BCUT2D eigenvalue weighted by Crippen LogP contribution is 2.25. The summed E-state index contributed by atoms with van der Waals surface area (Å²) in [6.07, 6.45) is 1.67. The highest BCUT2D eigenvalue weighted by Gasteiger charge is 2.14. The van der Waals surface area contributed by atoms with Crippen LogP contribution in [-0.2, 0) is 0 Å². The highest BCUT2D eigenvalue weighted by molar-refractivity contribution is 5.87. The Labute approximate surface area is 97.6 Å². The summed E-state index contributed by atoms with van der Waals surface area (Å²) in [6, 6.07) is 9.01. The molecule has 1 heterocycles. The lowest BCUT2D eigenvalue weighted by molar-refractivity contribution is 0.0696. The molecule has 0 fully saturated rings. The summed E-state index contributed by atoms with van der Waals surface area (Å²) in [7, 11) is 0. The first-order valence-corrected chi connectivity index (χ1v) is 5.06. The van der Waals surface area contributed by atoms with Crippen molar-refractivity contribution in [2.24, 2.45) is 0 Å². The fourth-order valence-corrected chi connectivity index (χ4v) is 1.55. The van der Waals surface area contributed by atoms with E-state index < -0.39 is 12.1 Å². The minimum Gasteiger partial charge on any atom is -0.478 e. The number of benzene rings is 1. The molecule has 3 nitrogen and oxygen atoms in total. The zero-order chi connectivity index (χ0) is 12.3. The van der Waals surface area contributed by atoms with E-state index in [1.54, 1.807) is 18.2 Å². The van der Waals surface area contributed by atoms with Gasteiger partial charge in [0.05, 0.1) is 5.56 Å². The van der Waals surface area contributed by atoms with Crippen LogP contribution in [0.4, 0.5) is 4.39 Å². The van der Waals surface area contributed by atoms with Crippen molar-refractivity contribution in [2.75, 3.05) is 0 Å². The monoisotopic (exact) mass is 231 g/mol. The molecule has 2 aromatic rings. The maximum Gasteiger partial charge on any atom is 0.335 e. The Morgan fingerprint density at radius 2 is 1.88 bits per heavy atom. The van der Waals surface area contributed by atoms with E-state index in [4.69, 9.17) is 5.11 Å². The predicted molar refractivity (Wildman–Crippen MR) is 60.6 cm³/mol. The standard InChI is InChI=1S/C13H10FNO2/c14-12(9-4-6-15-7-5-9)10-2-1-3-11(8-10)13(16)17/h1-8,12H,(H,16,17). The van der Waals surface area contributed by atoms with E-state index in [-0.39, 0.29) is 5.56 Å². The highest BCUT2D eigenvalue weighted by atomic mass is 19.1. The summed E-state index contributed by atoms with van der Waals surface area (Å²) < 4.78 is 14.1. The maximum atomic E-state index is 14.1. The zero-order valence-electron chi connectivity index (χ0n) is 8.88. The Balaban J connectivity index is 2.34. The molecule has 4 heteroatoms. The van der Waals surface area contributed by atoms with Crippen molar-refractivity contribution in [3.8, 4) is 0 Å². The zero-order valence-corrected chi connectivity index (χ0v) is 8.88. The smallest absolute Gasteiger partial charge is 0.335 e. The lowest BCUT2D eigenvalue weighted by Gasteiger charge is -2.09. The second kappa shape index (κ2) is 4.74. The first-order valence-electron chi connectivity index (χ1n) is 5.06. The van der Waals surface area contributed by atoms with E-state index in [1.165, 1.54) is 30.6 Å². The summed E-state index contributed by atoms with van der Waals surface area (Å²) in [6.45, 7) is 0. The fourth-order valence-electron chi connectivity index (χ4n) is 1.55. The molecule has 1 aromatic carbocycles. The van der Waals surface area contributed by atoms with Crippen LogP contribution in [0.2, 0.25) is 0 Å². The van der Waals surface area contributed by atoms with Gasteiger partial charge in [-0.25, -0.2) is 9.18 Å². The molecule has 0 aliphatic rings. The number of alkyl halides is 1. The topological polar surface area (TPSA) is 50.2 Å². The summed E-state index contributed by atoms with van der Waals surface area (Å²) in [5, 5.41) is 8.83. The van der Waals surface area contributed by atoms with Crippen LogP contribution in [0, 0.1) is 0 Å². The first-order chi connectivity index (χ1) is 8.18. The fraction of sp³-hybridized carbons (Fsp3) is 0.0769. The number of aromatic carboxylic acids is 1. The number of carbonyl (C=O) groups is 1. The van der Waals surface area contributed by atoms with Crippen LogP contribution in [0.15, 0.2) is 48.8 Å². The van der Waals surface area contributed by atoms with Gasteiger partial charge in [0.15, 0.2) is 6.17 Å². The molecule has 1 N–H and O–H groups in total. The van der Waals surface area contributed by atoms with Gasteiger partial charge >= 0.3 is 5.97 Å². The van der Waals surface area contributed by atoms with Gasteiger partial charge in [0.1, 0.15) is 0 Å². The molecule has 0 bridgehead atoms. The average molecular weight is 231 g/mol. The molecule has 0 amide bonds. The third-order valence-corrected chi connectivity index (χ3v) is 2.42. The van der Waals surface area contributed by atoms with Gasteiger partial charge in [0.2, 0.25) is 0 Å². The lowest BCUT2D eigenvalue weighted by atomic mass is 10.0. The SMILES string of the molecule is O=C(O)c1cccc(C(F)c2ccncc2)c1. The van der Waals surface area contributed by atoms with Gasteiger partial charge < -0.3 is 5.11 Å². The number of nitrogens with zero attached hydrogens (tertiary/aromatic N) is 1. The molecule has 0 aliphatic heterocycles. The van der Waals surface area contributed by atoms with Crippen molar-refractivity contribution < 1.29 is 14.3 Å². The summed E-state index contributed by atoms with van der Waals surface area (Å²) in [4.78, 5) is 14.6. The second-order valence-corrected chi connectivity index (χ2v) is 3.57. The minimum atomic E-state index is -1.34. The Morgan fingerprint density at radius 1 is 1.18 bits per heavy atom. The van der Waals surface area contributed by atoms with E-state index >= 15 is 0 Å². The van der Waals surface area contributed by atoms with Gasteiger partial charge in [-0.3, -0.25) is 4.98 Å². The number of carboxylic acids is 1. The molecule has 0 radical (unpaired) electrons. The third kappa shape index (κ3) is 2.47. The van der Waals surface area contributed by atoms with Crippen LogP contribution >= 0.6 is 0 Å². The normalized spacial score (nSPS) is 12.1. The largest absolute Gasteiger partial charge is 0.478 e. The van der Waals surface area contributed by atoms with Crippen LogP contribution in [-0.4, -0.2) is 16.1 Å². The van der Waals surface area contributed by atoms with Gasteiger partial charge in [0.25, 0.3) is 0 Å². The Kier molecular flexibility index (Phi) is 3.14. The number of pyridine rings is 1. The van der Waals surface area contributed by atoms with E-state index in [2.05, 4.69) is 4.98 Å². The second-order valence-electron chi connectivity index (χ2n) is 3.57. The number of rotatable bonds is 3. The van der Waals surface area contributed by atoms with E-state index in [9.17, 15) is 9.18 Å². The molecule has 0 saturated heterocycles.